The van der Waals surface area contributed by atoms with Crippen molar-refractivity contribution in [1.82, 2.24) is 40.4 Å². The highest BCUT2D eigenvalue weighted by Crippen LogP contribution is 2.42. The number of ether oxygens (including phenoxy) is 1. The number of nitrogen functional groups attached to an aromatic ring is 1. The van der Waals surface area contributed by atoms with Gasteiger partial charge in [-0.1, -0.05) is 55.4 Å². The number of anilines is 4. The molecule has 0 spiro atoms. The van der Waals surface area contributed by atoms with E-state index in [1.54, 1.807) is 23.5 Å². The Bertz CT molecular complexity index is 2980. The lowest BCUT2D eigenvalue weighted by molar-refractivity contribution is -0.141. The van der Waals surface area contributed by atoms with E-state index in [-0.39, 0.29) is 60.7 Å². The summed E-state index contributed by atoms with van der Waals surface area (Å²) in [4.78, 5) is 49.5. The van der Waals surface area contributed by atoms with Gasteiger partial charge in [0.25, 0.3) is 0 Å². The zero-order valence-corrected chi connectivity index (χ0v) is 44.1. The van der Waals surface area contributed by atoms with Crippen LogP contribution in [0.1, 0.15) is 88.8 Å². The molecular formula is C56H68N12O6S. The topological polar surface area (TPSA) is 216 Å². The van der Waals surface area contributed by atoms with Crippen molar-refractivity contribution in [2.24, 2.45) is 11.8 Å². The number of aromatic nitrogens is 5. The number of hydrogen-bond acceptors (Lipinski definition) is 17. The maximum absolute atomic E-state index is 14.4. The number of amides is 2. The average molecular weight is 1040 g/mol. The predicted molar refractivity (Wildman–Crippen MR) is 289 cm³/mol. The smallest absolute Gasteiger partial charge is 0.243 e. The fourth-order valence-electron chi connectivity index (χ4n) is 12.2. The van der Waals surface area contributed by atoms with Gasteiger partial charge < -0.3 is 50.1 Å². The number of pyridine rings is 1. The minimum atomic E-state index is -0.812. The van der Waals surface area contributed by atoms with Crippen LogP contribution in [-0.4, -0.2) is 139 Å². The number of hydrogen-bond donors (Lipinski definition) is 4. The van der Waals surface area contributed by atoms with Crippen LogP contribution >= 0.6 is 11.3 Å². The van der Waals surface area contributed by atoms with Crippen molar-refractivity contribution >= 4 is 46.2 Å². The molecule has 1 saturated carbocycles. The zero-order valence-electron chi connectivity index (χ0n) is 43.3. The highest BCUT2D eigenvalue weighted by molar-refractivity contribution is 7.13. The number of aliphatic hydroxyl groups excluding tert-OH is 1. The van der Waals surface area contributed by atoms with Gasteiger partial charge in [-0.15, -0.1) is 21.5 Å². The van der Waals surface area contributed by atoms with Gasteiger partial charge in [0.1, 0.15) is 23.8 Å². The molecule has 4 aliphatic heterocycles. The Morgan fingerprint density at radius 1 is 0.880 bits per heavy atom. The second-order valence-corrected chi connectivity index (χ2v) is 22.5. The van der Waals surface area contributed by atoms with E-state index in [0.29, 0.717) is 46.5 Å². The van der Waals surface area contributed by atoms with Gasteiger partial charge in [-0.2, -0.15) is 0 Å². The molecule has 8 heterocycles. The third-order valence-corrected chi connectivity index (χ3v) is 17.5. The number of aromatic hydroxyl groups is 1. The van der Waals surface area contributed by atoms with E-state index < -0.39 is 18.1 Å². The molecule has 5 fully saturated rings. The lowest BCUT2D eigenvalue weighted by atomic mass is 9.77. The normalized spacial score (nSPS) is 24.0. The molecule has 0 radical (unpaired) electrons. The Morgan fingerprint density at radius 2 is 1.63 bits per heavy atom. The number of β-amino-alcohol motifs (C(OH)–C–C–N with tert-alkyl or cyclic N) is 1. The molecule has 4 aromatic heterocycles. The van der Waals surface area contributed by atoms with E-state index in [2.05, 4.69) is 69.3 Å². The van der Waals surface area contributed by atoms with Crippen LogP contribution in [0.25, 0.3) is 21.7 Å². The van der Waals surface area contributed by atoms with E-state index in [1.807, 2.05) is 87.9 Å². The third-order valence-electron chi connectivity index (χ3n) is 16.5. The van der Waals surface area contributed by atoms with Crippen LogP contribution in [0, 0.1) is 18.8 Å². The highest BCUT2D eigenvalue weighted by atomic mass is 32.1. The number of carbonyl (C=O) groups excluding carboxylic acids is 2. The van der Waals surface area contributed by atoms with Gasteiger partial charge in [-0.25, -0.2) is 9.97 Å². The Balaban J connectivity index is 0.652. The summed E-state index contributed by atoms with van der Waals surface area (Å²) >= 11 is 1.60. The number of nitrogens with one attached hydrogen (secondary N) is 1. The molecule has 2 aromatic carbocycles. The number of aliphatic hydroxyl groups is 1. The first-order valence-electron chi connectivity index (χ1n) is 26.6. The highest BCUT2D eigenvalue weighted by Gasteiger charge is 2.45. The molecule has 6 aromatic rings. The predicted octanol–water partition coefficient (Wildman–Crippen LogP) is 7.05. The summed E-state index contributed by atoms with van der Waals surface area (Å²) in [6, 6.07) is 23.1. The van der Waals surface area contributed by atoms with Gasteiger partial charge in [0, 0.05) is 99.9 Å². The number of carbonyl (C=O) groups is 2. The first kappa shape index (κ1) is 50.3. The van der Waals surface area contributed by atoms with E-state index in [4.69, 9.17) is 15.0 Å². The quantitative estimate of drug-likeness (QED) is 0.0811. The number of fused-ring (bicyclic) bond motifs is 2. The summed E-state index contributed by atoms with van der Waals surface area (Å²) in [6.07, 6.45) is 5.41. The van der Waals surface area contributed by atoms with E-state index in [1.165, 1.54) is 4.90 Å². The minimum Gasteiger partial charge on any atom is -0.507 e. The molecule has 2 amide bonds. The molecular weight excluding hydrogens is 969 g/mol. The SMILES string of the molecule is Cc1ncsc1-c1ccc([C@H](C)NC(=O)[C@@H]2C[C@@H](O)CN2C(=O)[C@@H](c2cc(N3CCN(C(C)C4CC(Oc5cc(N6C7CCC6CN(c6cc(-c8ccccc8O)nnc6N)C7)ccn5)C4)CC3)no2)C(C)C)cc1. The van der Waals surface area contributed by atoms with Crippen molar-refractivity contribution in [2.45, 2.75) is 115 Å². The number of para-hydroxylation sites is 1. The molecule has 18 nitrogen and oxygen atoms in total. The van der Waals surface area contributed by atoms with E-state index in [0.717, 1.165) is 98.0 Å². The molecule has 11 rings (SSSR count). The number of piperazine rings is 2. The van der Waals surface area contributed by atoms with Crippen molar-refractivity contribution < 1.29 is 29.1 Å². The van der Waals surface area contributed by atoms with Gasteiger partial charge >= 0.3 is 0 Å². The minimum absolute atomic E-state index is 0.0746. The van der Waals surface area contributed by atoms with Crippen molar-refractivity contribution in [3.63, 3.8) is 0 Å². The lowest BCUT2D eigenvalue weighted by Crippen LogP contribution is -2.54. The van der Waals surface area contributed by atoms with E-state index in [9.17, 15) is 19.8 Å². The molecule has 5 aliphatic rings. The van der Waals surface area contributed by atoms with Crippen LogP contribution in [0.4, 0.5) is 23.0 Å². The Hall–Kier alpha value is -6.83. The maximum Gasteiger partial charge on any atom is 0.243 e. The molecule has 3 unspecified atom stereocenters. The summed E-state index contributed by atoms with van der Waals surface area (Å²) in [5.74, 6) is 1.53. The number of rotatable bonds is 15. The van der Waals surface area contributed by atoms with Crippen LogP contribution in [0.5, 0.6) is 11.6 Å². The van der Waals surface area contributed by atoms with Gasteiger partial charge in [0.15, 0.2) is 17.4 Å². The molecule has 4 saturated heterocycles. The first-order chi connectivity index (χ1) is 36.3. The number of aryl methyl sites for hydroxylation is 1. The van der Waals surface area contributed by atoms with Crippen molar-refractivity contribution in [3.05, 3.63) is 102 Å². The second-order valence-electron chi connectivity index (χ2n) is 21.6. The fourth-order valence-corrected chi connectivity index (χ4v) is 13.0. The molecule has 5 N–H and O–H groups in total. The Labute approximate surface area is 441 Å². The monoisotopic (exact) mass is 1040 g/mol. The van der Waals surface area contributed by atoms with Crippen LogP contribution in [-0.2, 0) is 9.59 Å². The standard InChI is InChI=1S/C56H68N12O6S/c1-32(2)52(56(72)67-30-42(69)25-47(67)55(71)60-33(3)36-10-12-37(13-11-36)53-34(4)59-31-75-53)49-27-50(63-74-49)65-20-18-64(19-21-65)35(5)38-22-43(23-38)73-51-24-39(16-17-58-51)68-40-14-15-41(68)29-66(28-40)46-26-45(61-62-54(46)57)44-8-6-7-9-48(44)70/h6-13,16-17,24,26-27,31-33,35,38,40-43,47,52,69-70H,14-15,18-23,25,28-30H2,1-5H3,(H2,57,62)(H,60,71)/t33-,35?,38?,40?,41?,42+,43?,47-,52+/m0/s1. The molecule has 394 valence electrons. The third kappa shape index (κ3) is 10.2. The first-order valence-corrected chi connectivity index (χ1v) is 27.5. The van der Waals surface area contributed by atoms with Gasteiger partial charge in [-0.05, 0) is 93.7 Å². The number of likely N-dealkylation sites (tertiary alicyclic amines) is 1. The summed E-state index contributed by atoms with van der Waals surface area (Å²) < 4.78 is 12.5. The van der Waals surface area contributed by atoms with Crippen LogP contribution in [0.15, 0.2) is 89.0 Å². The number of nitrogens with two attached hydrogens (primary N) is 1. The number of phenols is 1. The summed E-state index contributed by atoms with van der Waals surface area (Å²) in [5, 5.41) is 37.4. The average Bonchev–Trinajstić information content (AvgIpc) is 4.21. The lowest BCUT2D eigenvalue weighted by Gasteiger charge is -2.46. The summed E-state index contributed by atoms with van der Waals surface area (Å²) in [7, 11) is 0. The largest absolute Gasteiger partial charge is 0.507 e. The zero-order chi connectivity index (χ0) is 52.1. The number of thiazole rings is 1. The van der Waals surface area contributed by atoms with Crippen LogP contribution in [0.3, 0.4) is 0 Å². The number of phenolic OH excluding ortho intramolecular Hbond substituents is 1. The van der Waals surface area contributed by atoms with Gasteiger partial charge in [0.2, 0.25) is 17.7 Å². The van der Waals surface area contributed by atoms with Gasteiger partial charge in [-0.3, -0.25) is 14.5 Å². The molecule has 2 bridgehead atoms. The second kappa shape index (κ2) is 21.1. The van der Waals surface area contributed by atoms with Crippen LogP contribution in [0.2, 0.25) is 0 Å². The molecule has 7 atom stereocenters. The Kier molecular flexibility index (Phi) is 14.1. The molecule has 1 aliphatic carbocycles. The summed E-state index contributed by atoms with van der Waals surface area (Å²) in [6.45, 7) is 15.1. The maximum atomic E-state index is 14.4. The molecule has 19 heteroatoms. The van der Waals surface area contributed by atoms with Crippen molar-refractivity contribution in [1.29, 1.82) is 0 Å². The van der Waals surface area contributed by atoms with Crippen molar-refractivity contribution in [3.8, 4) is 33.3 Å². The number of benzene rings is 2. The summed E-state index contributed by atoms with van der Waals surface area (Å²) in [5.41, 5.74) is 14.4. The van der Waals surface area contributed by atoms with E-state index >= 15 is 0 Å². The van der Waals surface area contributed by atoms with Crippen LogP contribution < -0.4 is 30.5 Å². The van der Waals surface area contributed by atoms with Gasteiger partial charge in [0.05, 0.1) is 39.6 Å². The fraction of sp³-hybridized carbons (Fsp3) is 0.482. The van der Waals surface area contributed by atoms with Crippen molar-refractivity contribution in [2.75, 3.05) is 66.2 Å². The number of nitrogens with zero attached hydrogens (tertiary/aromatic N) is 10. The molecule has 75 heavy (non-hydrogen) atoms. The Morgan fingerprint density at radius 3 is 2.33 bits per heavy atom.